The van der Waals surface area contributed by atoms with Gasteiger partial charge in [-0.05, 0) is 81.3 Å². The number of anilines is 1. The molecule has 5 rings (SSSR count). The summed E-state index contributed by atoms with van der Waals surface area (Å²) in [6.07, 6.45) is 10.1. The van der Waals surface area contributed by atoms with E-state index in [1.807, 2.05) is 4.90 Å². The van der Waals surface area contributed by atoms with Crippen molar-refractivity contribution in [2.75, 3.05) is 38.5 Å². The van der Waals surface area contributed by atoms with E-state index in [0.717, 1.165) is 107 Å². The van der Waals surface area contributed by atoms with E-state index in [2.05, 4.69) is 17.1 Å². The Balaban J connectivity index is 1.36. The molecule has 1 aromatic heterocycles. The lowest BCUT2D eigenvalue weighted by atomic mass is 9.96. The highest BCUT2D eigenvalue weighted by molar-refractivity contribution is 7.89. The molecule has 0 radical (unpaired) electrons. The molecule has 0 bridgehead atoms. The summed E-state index contributed by atoms with van der Waals surface area (Å²) in [5, 5.41) is 3.65. The zero-order valence-corrected chi connectivity index (χ0v) is 25.4. The number of amides is 2. The number of nitrogens with zero attached hydrogens (tertiary/aromatic N) is 3. The summed E-state index contributed by atoms with van der Waals surface area (Å²) in [6.45, 7) is 6.40. The molecule has 10 heteroatoms. The summed E-state index contributed by atoms with van der Waals surface area (Å²) >= 11 is 1.51. The topological polar surface area (TPSA) is 90.0 Å². The van der Waals surface area contributed by atoms with Gasteiger partial charge in [-0.25, -0.2) is 8.42 Å². The van der Waals surface area contributed by atoms with Crippen LogP contribution in [-0.4, -0.2) is 73.6 Å². The van der Waals surface area contributed by atoms with Crippen molar-refractivity contribution in [2.45, 2.75) is 88.6 Å². The molecule has 0 spiro atoms. The van der Waals surface area contributed by atoms with Gasteiger partial charge in [0.15, 0.2) is 0 Å². The zero-order valence-electron chi connectivity index (χ0n) is 23.8. The molecule has 3 heterocycles. The molecule has 1 saturated heterocycles. The number of nitrogens with one attached hydrogen (secondary N) is 1. The van der Waals surface area contributed by atoms with Gasteiger partial charge >= 0.3 is 0 Å². The van der Waals surface area contributed by atoms with Gasteiger partial charge in [0.2, 0.25) is 10.0 Å². The van der Waals surface area contributed by atoms with Crippen molar-refractivity contribution >= 4 is 38.2 Å². The van der Waals surface area contributed by atoms with Crippen LogP contribution in [0.2, 0.25) is 0 Å². The molecule has 0 atom stereocenters. The number of sulfonamides is 1. The number of hydrogen-bond acceptors (Lipinski definition) is 6. The van der Waals surface area contributed by atoms with Crippen LogP contribution in [0.3, 0.4) is 0 Å². The number of piperidine rings is 1. The standard InChI is InChI=1S/C30H42N4O4S2/c1-3-17-33-20-16-25-26(21-33)39-29(27(25)30(36)34-18-8-5-9-19-34)31-28(35)22-12-14-24(15-13-22)40(37,38)32(2)23-10-6-4-7-11-23/h12-15,23H,3-11,16-21H2,1-2H3,(H,31,35). The van der Waals surface area contributed by atoms with E-state index in [1.165, 1.54) is 27.8 Å². The van der Waals surface area contributed by atoms with Crippen LogP contribution < -0.4 is 5.32 Å². The van der Waals surface area contributed by atoms with Gasteiger partial charge in [-0.15, -0.1) is 11.3 Å². The van der Waals surface area contributed by atoms with Gasteiger partial charge in [0.05, 0.1) is 10.5 Å². The molecule has 2 aliphatic heterocycles. The van der Waals surface area contributed by atoms with E-state index in [-0.39, 0.29) is 22.8 Å². The summed E-state index contributed by atoms with van der Waals surface area (Å²) in [7, 11) is -1.97. The highest BCUT2D eigenvalue weighted by atomic mass is 32.2. The molecular formula is C30H42N4O4S2. The van der Waals surface area contributed by atoms with Crippen molar-refractivity contribution in [3.05, 3.63) is 45.8 Å². The van der Waals surface area contributed by atoms with E-state index in [0.29, 0.717) is 16.1 Å². The molecule has 0 unspecified atom stereocenters. The maximum Gasteiger partial charge on any atom is 0.257 e. The summed E-state index contributed by atoms with van der Waals surface area (Å²) in [5.74, 6) is -0.315. The quantitative estimate of drug-likeness (QED) is 0.451. The van der Waals surface area contributed by atoms with Crippen LogP contribution in [0.5, 0.6) is 0 Å². The fourth-order valence-electron chi connectivity index (χ4n) is 6.29. The predicted octanol–water partition coefficient (Wildman–Crippen LogP) is 5.35. The van der Waals surface area contributed by atoms with Crippen molar-refractivity contribution in [3.8, 4) is 0 Å². The van der Waals surface area contributed by atoms with Gasteiger partial charge in [-0.2, -0.15) is 4.31 Å². The van der Waals surface area contributed by atoms with Gasteiger partial charge in [0.25, 0.3) is 11.8 Å². The molecule has 2 aromatic rings. The van der Waals surface area contributed by atoms with Gasteiger partial charge in [0, 0.05) is 49.7 Å². The largest absolute Gasteiger partial charge is 0.339 e. The Labute approximate surface area is 242 Å². The normalized spacial score (nSPS) is 19.0. The van der Waals surface area contributed by atoms with Gasteiger partial charge < -0.3 is 10.2 Å². The fraction of sp³-hybridized carbons (Fsp3) is 0.600. The second kappa shape index (κ2) is 12.7. The minimum Gasteiger partial charge on any atom is -0.339 e. The van der Waals surface area contributed by atoms with E-state index >= 15 is 0 Å². The van der Waals surface area contributed by atoms with Crippen molar-refractivity contribution in [2.24, 2.45) is 0 Å². The third-order valence-corrected chi connectivity index (χ3v) is 11.7. The molecule has 2 amide bonds. The lowest BCUT2D eigenvalue weighted by Crippen LogP contribution is -2.38. The number of thiophene rings is 1. The maximum atomic E-state index is 13.7. The van der Waals surface area contributed by atoms with Crippen molar-refractivity contribution in [3.63, 3.8) is 0 Å². The molecule has 40 heavy (non-hydrogen) atoms. The average Bonchev–Trinajstić information content (AvgIpc) is 3.34. The van der Waals surface area contributed by atoms with Gasteiger partial charge in [-0.3, -0.25) is 14.5 Å². The highest BCUT2D eigenvalue weighted by Gasteiger charge is 2.32. The summed E-state index contributed by atoms with van der Waals surface area (Å²) in [6, 6.07) is 6.20. The second-order valence-corrected chi connectivity index (χ2v) is 14.5. The summed E-state index contributed by atoms with van der Waals surface area (Å²) < 4.78 is 28.0. The first-order chi connectivity index (χ1) is 19.3. The number of likely N-dealkylation sites (tertiary alicyclic amines) is 1. The van der Waals surface area contributed by atoms with Crippen LogP contribution in [-0.2, 0) is 23.0 Å². The fourth-order valence-corrected chi connectivity index (χ4v) is 8.99. The van der Waals surface area contributed by atoms with Crippen LogP contribution in [0.4, 0.5) is 5.00 Å². The molecule has 1 aromatic carbocycles. The molecule has 2 fully saturated rings. The maximum absolute atomic E-state index is 13.7. The second-order valence-electron chi connectivity index (χ2n) is 11.4. The lowest BCUT2D eigenvalue weighted by Gasteiger charge is -2.30. The monoisotopic (exact) mass is 586 g/mol. The van der Waals surface area contributed by atoms with Crippen molar-refractivity contribution in [1.82, 2.24) is 14.1 Å². The van der Waals surface area contributed by atoms with Crippen molar-refractivity contribution < 1.29 is 18.0 Å². The van der Waals surface area contributed by atoms with Crippen LogP contribution in [0.25, 0.3) is 0 Å². The highest BCUT2D eigenvalue weighted by Crippen LogP contribution is 2.39. The molecule has 1 aliphatic carbocycles. The SMILES string of the molecule is CCCN1CCc2c(sc(NC(=O)c3ccc(S(=O)(=O)N(C)C4CCCCC4)cc3)c2C(=O)N2CCCCC2)C1. The minimum absolute atomic E-state index is 0.0173. The first kappa shape index (κ1) is 29.2. The minimum atomic E-state index is -3.63. The number of benzene rings is 1. The van der Waals surface area contributed by atoms with E-state index in [4.69, 9.17) is 0 Å². The Morgan fingerprint density at radius 1 is 1.00 bits per heavy atom. The molecular weight excluding hydrogens is 544 g/mol. The van der Waals surface area contributed by atoms with E-state index < -0.39 is 10.0 Å². The van der Waals surface area contributed by atoms with E-state index in [1.54, 1.807) is 19.2 Å². The van der Waals surface area contributed by atoms with E-state index in [9.17, 15) is 18.0 Å². The number of rotatable bonds is 8. The predicted molar refractivity (Wildman–Crippen MR) is 160 cm³/mol. The molecule has 8 nitrogen and oxygen atoms in total. The average molecular weight is 587 g/mol. The Morgan fingerprint density at radius 2 is 1.68 bits per heavy atom. The van der Waals surface area contributed by atoms with Crippen LogP contribution in [0, 0.1) is 0 Å². The number of hydrogen-bond donors (Lipinski definition) is 1. The lowest BCUT2D eigenvalue weighted by molar-refractivity contribution is 0.0724. The smallest absolute Gasteiger partial charge is 0.257 e. The summed E-state index contributed by atoms with van der Waals surface area (Å²) in [5.41, 5.74) is 2.10. The van der Waals surface area contributed by atoms with Gasteiger partial charge in [0.1, 0.15) is 5.00 Å². The third kappa shape index (κ3) is 6.15. The Hall–Kier alpha value is -2.27. The number of fused-ring (bicyclic) bond motifs is 1. The van der Waals surface area contributed by atoms with Crippen LogP contribution >= 0.6 is 11.3 Å². The first-order valence-corrected chi connectivity index (χ1v) is 17.1. The zero-order chi connectivity index (χ0) is 28.3. The summed E-state index contributed by atoms with van der Waals surface area (Å²) in [4.78, 5) is 32.8. The molecule has 3 aliphatic rings. The Bertz CT molecular complexity index is 1310. The molecule has 1 saturated carbocycles. The Kier molecular flexibility index (Phi) is 9.29. The van der Waals surface area contributed by atoms with Crippen LogP contribution in [0.15, 0.2) is 29.2 Å². The number of carbonyl (C=O) groups excluding carboxylic acids is 2. The third-order valence-electron chi connectivity index (χ3n) is 8.64. The molecule has 1 N–H and O–H groups in total. The first-order valence-electron chi connectivity index (χ1n) is 14.8. The number of carbonyl (C=O) groups is 2. The van der Waals surface area contributed by atoms with Crippen molar-refractivity contribution in [1.29, 1.82) is 0 Å². The molecule has 218 valence electrons. The van der Waals surface area contributed by atoms with Crippen LogP contribution in [0.1, 0.15) is 95.9 Å². The Morgan fingerprint density at radius 3 is 2.35 bits per heavy atom. The van der Waals surface area contributed by atoms with Gasteiger partial charge in [-0.1, -0.05) is 26.2 Å².